The molecule has 1 unspecified atom stereocenters. The molecule has 0 fully saturated rings. The maximum absolute atomic E-state index is 13.0. The molecule has 94 valence electrons. The number of pyridine rings is 1. The quantitative estimate of drug-likeness (QED) is 0.898. The zero-order valence-electron chi connectivity index (χ0n) is 10.4. The summed E-state index contributed by atoms with van der Waals surface area (Å²) >= 11 is 0. The molecule has 1 atom stereocenters. The third-order valence-electron chi connectivity index (χ3n) is 3.03. The van der Waals surface area contributed by atoms with Gasteiger partial charge in [-0.2, -0.15) is 0 Å². The van der Waals surface area contributed by atoms with E-state index in [2.05, 4.69) is 4.98 Å². The van der Waals surface area contributed by atoms with Crippen molar-refractivity contribution in [1.82, 2.24) is 4.98 Å². The highest BCUT2D eigenvalue weighted by molar-refractivity contribution is 5.27. The third kappa shape index (κ3) is 3.37. The molecule has 0 bridgehead atoms. The largest absolute Gasteiger partial charge is 0.327 e. The van der Waals surface area contributed by atoms with Crippen LogP contribution < -0.4 is 5.73 Å². The summed E-state index contributed by atoms with van der Waals surface area (Å²) in [5.41, 5.74) is 9.38. The van der Waals surface area contributed by atoms with Gasteiger partial charge in [-0.1, -0.05) is 6.07 Å². The van der Waals surface area contributed by atoms with Crippen molar-refractivity contribution in [2.45, 2.75) is 25.8 Å². The van der Waals surface area contributed by atoms with Crippen LogP contribution >= 0.6 is 0 Å². The summed E-state index contributed by atoms with van der Waals surface area (Å²) < 4.78 is 13.0. The highest BCUT2D eigenvalue weighted by Gasteiger charge is 2.08. The molecule has 0 saturated heterocycles. The van der Waals surface area contributed by atoms with Crippen molar-refractivity contribution < 1.29 is 4.39 Å². The molecule has 1 aromatic carbocycles. The number of hydrogen-bond donors (Lipinski definition) is 1. The maximum Gasteiger partial charge on any atom is 0.123 e. The number of nitrogens with zero attached hydrogens (tertiary/aromatic N) is 1. The predicted octanol–water partition coefficient (Wildman–Crippen LogP) is 2.64. The number of rotatable bonds is 4. The minimum Gasteiger partial charge on any atom is -0.327 e. The Balaban J connectivity index is 2.01. The normalized spacial score (nSPS) is 12.4. The van der Waals surface area contributed by atoms with E-state index in [4.69, 9.17) is 5.73 Å². The van der Waals surface area contributed by atoms with Crippen molar-refractivity contribution in [2.24, 2.45) is 5.73 Å². The Bertz CT molecular complexity index is 511. The molecule has 1 heterocycles. The van der Waals surface area contributed by atoms with Gasteiger partial charge in [0, 0.05) is 18.4 Å². The zero-order valence-corrected chi connectivity index (χ0v) is 10.4. The van der Waals surface area contributed by atoms with Crippen LogP contribution in [0, 0.1) is 12.7 Å². The van der Waals surface area contributed by atoms with E-state index in [1.165, 1.54) is 11.6 Å². The smallest absolute Gasteiger partial charge is 0.123 e. The van der Waals surface area contributed by atoms with Gasteiger partial charge in [0.25, 0.3) is 0 Å². The van der Waals surface area contributed by atoms with Crippen molar-refractivity contribution in [1.29, 1.82) is 0 Å². The first kappa shape index (κ1) is 12.7. The Hall–Kier alpha value is -1.74. The van der Waals surface area contributed by atoms with E-state index < -0.39 is 0 Å². The topological polar surface area (TPSA) is 38.9 Å². The molecular weight excluding hydrogens is 227 g/mol. The minimum absolute atomic E-state index is 0.0385. The standard InChI is InChI=1S/C15H17FN2/c1-11-8-14(16)3-2-13(11)10-15(17)9-12-4-6-18-7-5-12/h2-8,15H,9-10,17H2,1H3. The summed E-state index contributed by atoms with van der Waals surface area (Å²) in [6.07, 6.45) is 5.10. The zero-order chi connectivity index (χ0) is 13.0. The van der Waals surface area contributed by atoms with Crippen molar-refractivity contribution in [3.63, 3.8) is 0 Å². The molecule has 0 radical (unpaired) electrons. The molecule has 1 aromatic heterocycles. The molecule has 0 aliphatic heterocycles. The van der Waals surface area contributed by atoms with Crippen LogP contribution in [-0.2, 0) is 12.8 Å². The van der Waals surface area contributed by atoms with E-state index in [1.54, 1.807) is 18.5 Å². The molecule has 2 aromatic rings. The Kier molecular flexibility index (Phi) is 4.05. The molecule has 0 saturated carbocycles. The van der Waals surface area contributed by atoms with Gasteiger partial charge < -0.3 is 5.73 Å². The average Bonchev–Trinajstić information content (AvgIpc) is 2.34. The Morgan fingerprint density at radius 1 is 1.17 bits per heavy atom. The van der Waals surface area contributed by atoms with Gasteiger partial charge in [-0.25, -0.2) is 4.39 Å². The van der Waals surface area contributed by atoms with E-state index in [9.17, 15) is 4.39 Å². The van der Waals surface area contributed by atoms with Crippen LogP contribution in [0.4, 0.5) is 4.39 Å². The van der Waals surface area contributed by atoms with E-state index in [0.29, 0.717) is 0 Å². The first-order valence-corrected chi connectivity index (χ1v) is 6.04. The van der Waals surface area contributed by atoms with E-state index in [0.717, 1.165) is 24.0 Å². The average molecular weight is 244 g/mol. The van der Waals surface area contributed by atoms with Crippen LogP contribution in [-0.4, -0.2) is 11.0 Å². The summed E-state index contributed by atoms with van der Waals surface area (Å²) in [7, 11) is 0. The lowest BCUT2D eigenvalue weighted by Crippen LogP contribution is -2.25. The molecule has 3 heteroatoms. The van der Waals surface area contributed by atoms with Crippen LogP contribution in [0.3, 0.4) is 0 Å². The lowest BCUT2D eigenvalue weighted by atomic mass is 9.97. The number of hydrogen-bond acceptors (Lipinski definition) is 2. The lowest BCUT2D eigenvalue weighted by Gasteiger charge is -2.13. The molecule has 2 rings (SSSR count). The van der Waals surface area contributed by atoms with Gasteiger partial charge in [0.1, 0.15) is 5.82 Å². The SMILES string of the molecule is Cc1cc(F)ccc1CC(N)Cc1ccncc1. The minimum atomic E-state index is -0.195. The van der Waals surface area contributed by atoms with E-state index in [1.807, 2.05) is 25.1 Å². The lowest BCUT2D eigenvalue weighted by molar-refractivity contribution is 0.621. The fourth-order valence-corrected chi connectivity index (χ4v) is 2.06. The third-order valence-corrected chi connectivity index (χ3v) is 3.03. The molecule has 0 amide bonds. The Morgan fingerprint density at radius 3 is 2.56 bits per heavy atom. The first-order chi connectivity index (χ1) is 8.65. The van der Waals surface area contributed by atoms with Crippen molar-refractivity contribution in [3.8, 4) is 0 Å². The van der Waals surface area contributed by atoms with Gasteiger partial charge in [0.15, 0.2) is 0 Å². The number of halogens is 1. The van der Waals surface area contributed by atoms with E-state index in [-0.39, 0.29) is 11.9 Å². The second-order valence-electron chi connectivity index (χ2n) is 4.59. The van der Waals surface area contributed by atoms with Gasteiger partial charge in [-0.05, 0) is 60.7 Å². The fourth-order valence-electron chi connectivity index (χ4n) is 2.06. The summed E-state index contributed by atoms with van der Waals surface area (Å²) in [5.74, 6) is -0.195. The molecule has 2 nitrogen and oxygen atoms in total. The van der Waals surface area contributed by atoms with Gasteiger partial charge in [0.05, 0.1) is 0 Å². The van der Waals surface area contributed by atoms with E-state index >= 15 is 0 Å². The number of aryl methyl sites for hydroxylation is 1. The fraction of sp³-hybridized carbons (Fsp3) is 0.267. The van der Waals surface area contributed by atoms with Gasteiger partial charge in [-0.15, -0.1) is 0 Å². The highest BCUT2D eigenvalue weighted by atomic mass is 19.1. The molecular formula is C15H17FN2. The maximum atomic E-state index is 13.0. The second kappa shape index (κ2) is 5.74. The number of benzene rings is 1. The Morgan fingerprint density at radius 2 is 1.89 bits per heavy atom. The van der Waals surface area contributed by atoms with Gasteiger partial charge in [0.2, 0.25) is 0 Å². The second-order valence-corrected chi connectivity index (χ2v) is 4.59. The predicted molar refractivity (Wildman–Crippen MR) is 70.8 cm³/mol. The first-order valence-electron chi connectivity index (χ1n) is 6.04. The number of aromatic nitrogens is 1. The molecule has 0 spiro atoms. The highest BCUT2D eigenvalue weighted by Crippen LogP contribution is 2.13. The summed E-state index contributed by atoms with van der Waals surface area (Å²) in [6.45, 7) is 1.91. The molecule has 18 heavy (non-hydrogen) atoms. The molecule has 0 aliphatic carbocycles. The van der Waals surface area contributed by atoms with Crippen molar-refractivity contribution >= 4 is 0 Å². The Labute approximate surface area is 107 Å². The summed E-state index contributed by atoms with van der Waals surface area (Å²) in [4.78, 5) is 3.98. The van der Waals surface area contributed by atoms with Crippen LogP contribution in [0.5, 0.6) is 0 Å². The van der Waals surface area contributed by atoms with Gasteiger partial charge in [-0.3, -0.25) is 4.98 Å². The van der Waals surface area contributed by atoms with Crippen LogP contribution in [0.15, 0.2) is 42.7 Å². The molecule has 2 N–H and O–H groups in total. The monoisotopic (exact) mass is 244 g/mol. The molecule has 0 aliphatic rings. The van der Waals surface area contributed by atoms with Gasteiger partial charge >= 0.3 is 0 Å². The van der Waals surface area contributed by atoms with Crippen molar-refractivity contribution in [2.75, 3.05) is 0 Å². The summed E-state index contributed by atoms with van der Waals surface area (Å²) in [5, 5.41) is 0. The van der Waals surface area contributed by atoms with Crippen molar-refractivity contribution in [3.05, 3.63) is 65.2 Å². The van der Waals surface area contributed by atoms with Crippen LogP contribution in [0.1, 0.15) is 16.7 Å². The number of nitrogens with two attached hydrogens (primary N) is 1. The summed E-state index contributed by atoms with van der Waals surface area (Å²) in [6, 6.07) is 8.83. The van der Waals surface area contributed by atoms with Crippen LogP contribution in [0.25, 0.3) is 0 Å². The van der Waals surface area contributed by atoms with Crippen LogP contribution in [0.2, 0.25) is 0 Å².